The van der Waals surface area contributed by atoms with Crippen molar-refractivity contribution < 1.29 is 14.5 Å². The Morgan fingerprint density at radius 3 is 2.62 bits per heavy atom. The summed E-state index contributed by atoms with van der Waals surface area (Å²) in [4.78, 5) is 27.6. The first kappa shape index (κ1) is 15.9. The number of benzene rings is 2. The maximum absolute atomic E-state index is 12.0. The van der Waals surface area contributed by atoms with E-state index in [4.69, 9.17) is 4.74 Å². The number of carbonyl (C=O) groups excluding carboxylic acids is 1. The van der Waals surface area contributed by atoms with Crippen molar-refractivity contribution in [1.82, 2.24) is 0 Å². The summed E-state index contributed by atoms with van der Waals surface area (Å²) in [7, 11) is 0. The lowest BCUT2D eigenvalue weighted by Gasteiger charge is -1.98. The topological polar surface area (TPSA) is 81.8 Å². The van der Waals surface area contributed by atoms with Crippen molar-refractivity contribution in [1.29, 1.82) is 0 Å². The Hall–Kier alpha value is -2.93. The van der Waals surface area contributed by atoms with Crippen LogP contribution in [0.5, 0.6) is 0 Å². The van der Waals surface area contributed by atoms with Gasteiger partial charge in [-0.05, 0) is 36.1 Å². The molecule has 0 bridgehead atoms. The fourth-order valence-electron chi connectivity index (χ4n) is 2.14. The lowest BCUT2D eigenvalue weighted by atomic mass is 10.2. The van der Waals surface area contributed by atoms with E-state index in [0.717, 1.165) is 10.5 Å². The van der Waals surface area contributed by atoms with Crippen LogP contribution in [0.1, 0.15) is 11.1 Å². The summed E-state index contributed by atoms with van der Waals surface area (Å²) in [6.45, 7) is 0. The summed E-state index contributed by atoms with van der Waals surface area (Å²) in [5.41, 5.74) is 1.28. The van der Waals surface area contributed by atoms with E-state index in [1.165, 1.54) is 18.2 Å². The highest BCUT2D eigenvalue weighted by Gasteiger charge is 2.25. The number of aliphatic imine (C=N–C) groups is 1. The van der Waals surface area contributed by atoms with Crippen molar-refractivity contribution in [2.24, 2.45) is 4.99 Å². The molecule has 120 valence electrons. The number of cyclic esters (lactones) is 1. The zero-order chi connectivity index (χ0) is 17.1. The number of rotatable bonds is 4. The van der Waals surface area contributed by atoms with E-state index in [1.807, 2.05) is 30.5 Å². The van der Waals surface area contributed by atoms with Crippen LogP contribution < -0.4 is 0 Å². The Kier molecular flexibility index (Phi) is 4.43. The molecule has 0 aliphatic carbocycles. The molecule has 1 aliphatic rings. The Morgan fingerprint density at radius 1 is 1.21 bits per heavy atom. The van der Waals surface area contributed by atoms with Gasteiger partial charge >= 0.3 is 5.97 Å². The monoisotopic (exact) mass is 340 g/mol. The lowest BCUT2D eigenvalue weighted by Crippen LogP contribution is -2.05. The summed E-state index contributed by atoms with van der Waals surface area (Å²) in [5, 5.41) is 10.8. The molecule has 0 saturated carbocycles. The molecule has 2 aromatic carbocycles. The number of nitrogens with zero attached hydrogens (tertiary/aromatic N) is 2. The van der Waals surface area contributed by atoms with Crippen molar-refractivity contribution in [2.75, 3.05) is 6.26 Å². The summed E-state index contributed by atoms with van der Waals surface area (Å²) < 4.78 is 5.13. The van der Waals surface area contributed by atoms with Gasteiger partial charge in [-0.15, -0.1) is 11.8 Å². The van der Waals surface area contributed by atoms with Crippen molar-refractivity contribution in [3.63, 3.8) is 0 Å². The van der Waals surface area contributed by atoms with Crippen LogP contribution in [-0.4, -0.2) is 23.0 Å². The predicted molar refractivity (Wildman–Crippen MR) is 91.9 cm³/mol. The largest absolute Gasteiger partial charge is 0.402 e. The quantitative estimate of drug-likeness (QED) is 0.279. The second-order valence-corrected chi connectivity index (χ2v) is 5.80. The van der Waals surface area contributed by atoms with Gasteiger partial charge in [0.25, 0.3) is 5.69 Å². The van der Waals surface area contributed by atoms with E-state index in [2.05, 4.69) is 4.99 Å². The summed E-state index contributed by atoms with van der Waals surface area (Å²) >= 11 is 1.63. The number of thioether (sulfide) groups is 1. The molecule has 0 radical (unpaired) electrons. The zero-order valence-corrected chi connectivity index (χ0v) is 13.4. The average Bonchev–Trinajstić information content (AvgIpc) is 2.96. The van der Waals surface area contributed by atoms with Crippen LogP contribution in [0.2, 0.25) is 0 Å². The van der Waals surface area contributed by atoms with Crippen LogP contribution in [0.25, 0.3) is 6.08 Å². The number of hydrogen-bond acceptors (Lipinski definition) is 6. The number of hydrogen-bond donors (Lipinski definition) is 0. The number of ether oxygens (including phenoxy) is 1. The van der Waals surface area contributed by atoms with Crippen molar-refractivity contribution in [2.45, 2.75) is 4.90 Å². The van der Waals surface area contributed by atoms with Gasteiger partial charge in [0.05, 0.1) is 4.92 Å². The predicted octanol–water partition coefficient (Wildman–Crippen LogP) is 3.66. The van der Waals surface area contributed by atoms with E-state index in [9.17, 15) is 14.9 Å². The zero-order valence-electron chi connectivity index (χ0n) is 12.6. The number of esters is 1. The Balaban J connectivity index is 1.91. The van der Waals surface area contributed by atoms with Gasteiger partial charge in [0.2, 0.25) is 5.90 Å². The summed E-state index contributed by atoms with van der Waals surface area (Å²) in [6.07, 6.45) is 3.61. The van der Waals surface area contributed by atoms with E-state index in [-0.39, 0.29) is 17.3 Å². The SMILES string of the molecule is CSc1ccc(/C=C2\N=C(c3cccc([N+](=O)[O-])c3)OC2=O)cc1. The van der Waals surface area contributed by atoms with Crippen LogP contribution in [0, 0.1) is 10.1 Å². The smallest absolute Gasteiger partial charge is 0.363 e. The molecule has 0 amide bonds. The molecule has 3 rings (SSSR count). The summed E-state index contributed by atoms with van der Waals surface area (Å²) in [6, 6.07) is 13.5. The highest BCUT2D eigenvalue weighted by molar-refractivity contribution is 7.98. The molecule has 24 heavy (non-hydrogen) atoms. The first-order chi connectivity index (χ1) is 11.6. The number of carbonyl (C=O) groups is 1. The third kappa shape index (κ3) is 3.36. The fourth-order valence-corrected chi connectivity index (χ4v) is 2.55. The number of nitro benzene ring substituents is 1. The van der Waals surface area contributed by atoms with Gasteiger partial charge in [0.1, 0.15) is 0 Å². The van der Waals surface area contributed by atoms with Gasteiger partial charge in [0, 0.05) is 22.6 Å². The molecule has 0 unspecified atom stereocenters. The molecule has 1 aliphatic heterocycles. The Morgan fingerprint density at radius 2 is 1.96 bits per heavy atom. The second kappa shape index (κ2) is 6.67. The molecule has 0 N–H and O–H groups in total. The Bertz CT molecular complexity index is 872. The molecule has 0 aromatic heterocycles. The van der Waals surface area contributed by atoms with Gasteiger partial charge in [0.15, 0.2) is 5.70 Å². The first-order valence-electron chi connectivity index (χ1n) is 6.98. The minimum absolute atomic E-state index is 0.0654. The van der Waals surface area contributed by atoms with Crippen LogP contribution >= 0.6 is 11.8 Å². The summed E-state index contributed by atoms with van der Waals surface area (Å²) in [5.74, 6) is -0.513. The number of non-ortho nitro benzene ring substituents is 1. The Labute approximate surface area is 142 Å². The van der Waals surface area contributed by atoms with Gasteiger partial charge < -0.3 is 4.74 Å². The van der Waals surface area contributed by atoms with Crippen molar-refractivity contribution in [3.05, 3.63) is 75.5 Å². The molecule has 0 saturated heterocycles. The average molecular weight is 340 g/mol. The van der Waals surface area contributed by atoms with E-state index in [1.54, 1.807) is 23.9 Å². The molecule has 0 fully saturated rings. The number of nitro groups is 1. The van der Waals surface area contributed by atoms with Crippen LogP contribution in [0.3, 0.4) is 0 Å². The minimum atomic E-state index is -0.578. The van der Waals surface area contributed by atoms with Crippen LogP contribution in [-0.2, 0) is 9.53 Å². The van der Waals surface area contributed by atoms with Crippen LogP contribution in [0.15, 0.2) is 64.1 Å². The molecule has 0 spiro atoms. The maximum Gasteiger partial charge on any atom is 0.363 e. The molecule has 7 heteroatoms. The normalized spacial score (nSPS) is 15.3. The minimum Gasteiger partial charge on any atom is -0.402 e. The third-order valence-electron chi connectivity index (χ3n) is 3.34. The van der Waals surface area contributed by atoms with Gasteiger partial charge in [-0.2, -0.15) is 0 Å². The third-order valence-corrected chi connectivity index (χ3v) is 4.09. The second-order valence-electron chi connectivity index (χ2n) is 4.92. The molecule has 2 aromatic rings. The van der Waals surface area contributed by atoms with Crippen molar-refractivity contribution >= 4 is 35.4 Å². The standard InChI is InChI=1S/C17H12N2O4S/c1-24-14-7-5-11(6-8-14)9-15-17(20)23-16(18-15)12-3-2-4-13(10-12)19(21)22/h2-10H,1H3/b15-9-. The van der Waals surface area contributed by atoms with Crippen LogP contribution in [0.4, 0.5) is 5.69 Å². The molecule has 1 heterocycles. The van der Waals surface area contributed by atoms with Crippen molar-refractivity contribution in [3.8, 4) is 0 Å². The maximum atomic E-state index is 12.0. The first-order valence-corrected chi connectivity index (χ1v) is 8.21. The molecular formula is C17H12N2O4S. The van der Waals surface area contributed by atoms with E-state index >= 15 is 0 Å². The fraction of sp³-hybridized carbons (Fsp3) is 0.0588. The highest BCUT2D eigenvalue weighted by atomic mass is 32.2. The van der Waals surface area contributed by atoms with Gasteiger partial charge in [-0.25, -0.2) is 9.79 Å². The van der Waals surface area contributed by atoms with Gasteiger partial charge in [-0.3, -0.25) is 10.1 Å². The van der Waals surface area contributed by atoms with E-state index < -0.39 is 10.9 Å². The molecular weight excluding hydrogens is 328 g/mol. The van der Waals surface area contributed by atoms with Gasteiger partial charge in [-0.1, -0.05) is 18.2 Å². The molecule has 0 atom stereocenters. The molecule has 6 nitrogen and oxygen atoms in total. The van der Waals surface area contributed by atoms with E-state index in [0.29, 0.717) is 5.56 Å². The highest BCUT2D eigenvalue weighted by Crippen LogP contribution is 2.22. The lowest BCUT2D eigenvalue weighted by molar-refractivity contribution is -0.384.